The molecule has 1 aliphatic rings. The number of ether oxygens (including phenoxy) is 2. The van der Waals surface area contributed by atoms with Crippen LogP contribution in [0.3, 0.4) is 0 Å². The zero-order chi connectivity index (χ0) is 28.3. The lowest BCUT2D eigenvalue weighted by Gasteiger charge is -2.23. The second kappa shape index (κ2) is 19.9. The maximum atomic E-state index is 12.3. The Kier molecular flexibility index (Phi) is 16.9. The molecule has 0 bridgehead atoms. The van der Waals surface area contributed by atoms with E-state index in [9.17, 15) is 14.7 Å². The Balaban J connectivity index is 1.87. The van der Waals surface area contributed by atoms with Gasteiger partial charge in [-0.2, -0.15) is 5.06 Å². The normalized spacial score (nSPS) is 17.3. The minimum atomic E-state index is -0.924. The van der Waals surface area contributed by atoms with Crippen molar-refractivity contribution in [3.05, 3.63) is 44.6 Å². The molecular formula is C30H53N3O6. The molecule has 0 aromatic carbocycles. The summed E-state index contributed by atoms with van der Waals surface area (Å²) in [5, 5.41) is 12.8. The van der Waals surface area contributed by atoms with Crippen molar-refractivity contribution >= 4 is 0 Å². The van der Waals surface area contributed by atoms with Crippen molar-refractivity contribution in [3.63, 3.8) is 0 Å². The molecule has 39 heavy (non-hydrogen) atoms. The Morgan fingerprint density at radius 3 is 1.87 bits per heavy atom. The van der Waals surface area contributed by atoms with Gasteiger partial charge >= 0.3 is 5.69 Å². The third-order valence-electron chi connectivity index (χ3n) is 7.36. The third kappa shape index (κ3) is 12.3. The van der Waals surface area contributed by atoms with E-state index in [1.165, 1.54) is 114 Å². The van der Waals surface area contributed by atoms with Crippen molar-refractivity contribution < 1.29 is 19.4 Å². The van der Waals surface area contributed by atoms with E-state index in [0.717, 1.165) is 25.9 Å². The number of rotatable bonds is 23. The molecule has 0 saturated heterocycles. The molecule has 1 aromatic rings. The van der Waals surface area contributed by atoms with Gasteiger partial charge in [0.1, 0.15) is 6.61 Å². The molecule has 1 aliphatic heterocycles. The van der Waals surface area contributed by atoms with E-state index >= 15 is 0 Å². The SMILES string of the molecule is CCCCCCCCCCN(CCCCCCCCCC)OCC1=C(O)C(OC)[C@H](n2ccc(=O)[nH]c2=O)O1. The standard InChI is InChI=1S/C30H53N3O6/c1-4-6-8-10-12-14-16-18-21-32(22-19-17-15-13-11-9-7-5-2)38-24-25-27(35)28(37-3)29(39-25)33-23-20-26(34)31-30(33)36/h20,23,28-29,35H,4-19,21-22,24H2,1-3H3,(H,31,34,36)/t28?,29-/m1/s1. The van der Waals surface area contributed by atoms with Crippen LogP contribution in [0.25, 0.3) is 0 Å². The van der Waals surface area contributed by atoms with Crippen LogP contribution in [0.2, 0.25) is 0 Å². The van der Waals surface area contributed by atoms with E-state index in [4.69, 9.17) is 14.3 Å². The van der Waals surface area contributed by atoms with Gasteiger partial charge in [0.15, 0.2) is 17.6 Å². The molecule has 9 nitrogen and oxygen atoms in total. The molecule has 2 heterocycles. The van der Waals surface area contributed by atoms with Crippen molar-refractivity contribution in [1.82, 2.24) is 14.6 Å². The fraction of sp³-hybridized carbons (Fsp3) is 0.800. The lowest BCUT2D eigenvalue weighted by atomic mass is 10.1. The van der Waals surface area contributed by atoms with Gasteiger partial charge in [-0.05, 0) is 12.8 Å². The molecule has 9 heteroatoms. The van der Waals surface area contributed by atoms with Crippen LogP contribution in [-0.4, -0.2) is 52.6 Å². The van der Waals surface area contributed by atoms with Gasteiger partial charge in [-0.15, -0.1) is 0 Å². The van der Waals surface area contributed by atoms with Gasteiger partial charge in [-0.1, -0.05) is 104 Å². The lowest BCUT2D eigenvalue weighted by Crippen LogP contribution is -2.36. The quantitative estimate of drug-likeness (QED) is 0.120. The molecular weight excluding hydrogens is 498 g/mol. The smallest absolute Gasteiger partial charge is 0.331 e. The summed E-state index contributed by atoms with van der Waals surface area (Å²) in [7, 11) is 1.44. The molecule has 0 saturated carbocycles. The van der Waals surface area contributed by atoms with E-state index in [-0.39, 0.29) is 18.1 Å². The monoisotopic (exact) mass is 551 g/mol. The van der Waals surface area contributed by atoms with E-state index < -0.39 is 23.6 Å². The topological polar surface area (TPSA) is 106 Å². The average Bonchev–Trinajstić information content (AvgIpc) is 3.24. The highest BCUT2D eigenvalue weighted by Gasteiger charge is 2.39. The van der Waals surface area contributed by atoms with Crippen LogP contribution in [0, 0.1) is 0 Å². The molecule has 0 spiro atoms. The van der Waals surface area contributed by atoms with Crippen molar-refractivity contribution in [2.24, 2.45) is 0 Å². The molecule has 0 fully saturated rings. The second-order valence-corrected chi connectivity index (χ2v) is 10.6. The number of aliphatic hydroxyl groups is 1. The number of H-pyrrole nitrogens is 1. The predicted octanol–water partition coefficient (Wildman–Crippen LogP) is 6.37. The summed E-state index contributed by atoms with van der Waals surface area (Å²) in [4.78, 5) is 32.1. The minimum Gasteiger partial charge on any atom is -0.506 e. The minimum absolute atomic E-state index is 0.0499. The maximum absolute atomic E-state index is 12.3. The maximum Gasteiger partial charge on any atom is 0.331 e. The Bertz CT molecular complexity index is 908. The number of hydroxylamine groups is 2. The largest absolute Gasteiger partial charge is 0.506 e. The van der Waals surface area contributed by atoms with E-state index in [1.54, 1.807) is 0 Å². The van der Waals surface area contributed by atoms with Gasteiger partial charge < -0.3 is 14.6 Å². The number of aromatic amines is 1. The van der Waals surface area contributed by atoms with Gasteiger partial charge in [0, 0.05) is 32.5 Å². The molecule has 1 aromatic heterocycles. The van der Waals surface area contributed by atoms with Crippen LogP contribution >= 0.6 is 0 Å². The van der Waals surface area contributed by atoms with Crippen LogP contribution in [0.1, 0.15) is 123 Å². The summed E-state index contributed by atoms with van der Waals surface area (Å²) >= 11 is 0. The third-order valence-corrected chi connectivity index (χ3v) is 7.36. The summed E-state index contributed by atoms with van der Waals surface area (Å²) in [6.45, 7) is 6.19. The summed E-state index contributed by atoms with van der Waals surface area (Å²) in [6.07, 6.45) is 19.6. The first-order valence-electron chi connectivity index (χ1n) is 15.3. The zero-order valence-electron chi connectivity index (χ0n) is 24.6. The Morgan fingerprint density at radius 2 is 1.38 bits per heavy atom. The van der Waals surface area contributed by atoms with Crippen LogP contribution in [0.4, 0.5) is 0 Å². The highest BCUT2D eigenvalue weighted by Crippen LogP contribution is 2.32. The van der Waals surface area contributed by atoms with Crippen LogP contribution in [0.5, 0.6) is 0 Å². The summed E-state index contributed by atoms with van der Waals surface area (Å²) in [5.74, 6) is 0.140. The molecule has 2 N–H and O–H groups in total. The first kappa shape index (κ1) is 33.1. The van der Waals surface area contributed by atoms with Crippen LogP contribution in [-0.2, 0) is 14.3 Å². The second-order valence-electron chi connectivity index (χ2n) is 10.6. The average molecular weight is 552 g/mol. The summed E-state index contributed by atoms with van der Waals surface area (Å²) in [6, 6.07) is 1.23. The van der Waals surface area contributed by atoms with Crippen LogP contribution < -0.4 is 11.2 Å². The molecule has 224 valence electrons. The Morgan fingerprint density at radius 1 is 0.872 bits per heavy atom. The van der Waals surface area contributed by atoms with Crippen molar-refractivity contribution in [2.75, 3.05) is 26.8 Å². The number of aromatic nitrogens is 2. The lowest BCUT2D eigenvalue weighted by molar-refractivity contribution is -0.163. The molecule has 0 amide bonds. The van der Waals surface area contributed by atoms with E-state index in [0.29, 0.717) is 0 Å². The first-order chi connectivity index (χ1) is 19.0. The number of unbranched alkanes of at least 4 members (excludes halogenated alkanes) is 14. The van der Waals surface area contributed by atoms with Crippen molar-refractivity contribution in [1.29, 1.82) is 0 Å². The Labute approximate surface area is 234 Å². The number of nitrogens with one attached hydrogen (secondary N) is 1. The molecule has 2 atom stereocenters. The molecule has 2 rings (SSSR count). The molecule has 1 unspecified atom stereocenters. The zero-order valence-corrected chi connectivity index (χ0v) is 24.6. The van der Waals surface area contributed by atoms with Crippen molar-refractivity contribution in [2.45, 2.75) is 129 Å². The highest BCUT2D eigenvalue weighted by atomic mass is 16.7. The predicted molar refractivity (Wildman–Crippen MR) is 155 cm³/mol. The van der Waals surface area contributed by atoms with Gasteiger partial charge in [0.05, 0.1) is 0 Å². The van der Waals surface area contributed by atoms with E-state index in [1.807, 2.05) is 5.06 Å². The van der Waals surface area contributed by atoms with Gasteiger partial charge in [0.2, 0.25) is 6.23 Å². The molecule has 0 aliphatic carbocycles. The fourth-order valence-corrected chi connectivity index (χ4v) is 4.96. The van der Waals surface area contributed by atoms with Crippen molar-refractivity contribution in [3.8, 4) is 0 Å². The number of nitrogens with zero attached hydrogens (tertiary/aromatic N) is 2. The fourth-order valence-electron chi connectivity index (χ4n) is 4.96. The van der Waals surface area contributed by atoms with Gasteiger partial charge in [-0.25, -0.2) is 4.79 Å². The Hall–Kier alpha value is -2.10. The summed E-state index contributed by atoms with van der Waals surface area (Å²) in [5.41, 5.74) is -1.13. The number of hydrogen-bond acceptors (Lipinski definition) is 7. The highest BCUT2D eigenvalue weighted by molar-refractivity contribution is 5.14. The molecule has 0 radical (unpaired) electrons. The number of hydrogen-bond donors (Lipinski definition) is 2. The van der Waals surface area contributed by atoms with Gasteiger partial charge in [-0.3, -0.25) is 19.2 Å². The summed E-state index contributed by atoms with van der Waals surface area (Å²) < 4.78 is 12.5. The van der Waals surface area contributed by atoms with Crippen LogP contribution in [0.15, 0.2) is 33.4 Å². The van der Waals surface area contributed by atoms with E-state index in [2.05, 4.69) is 18.8 Å². The number of aliphatic hydroxyl groups excluding tert-OH is 1. The number of methoxy groups -OCH3 is 1. The van der Waals surface area contributed by atoms with Gasteiger partial charge in [0.25, 0.3) is 5.56 Å². The first-order valence-corrected chi connectivity index (χ1v) is 15.3.